The molecule has 222 valence electrons. The van der Waals surface area contributed by atoms with Gasteiger partial charge in [-0.1, -0.05) is 66.3 Å². The van der Waals surface area contributed by atoms with Gasteiger partial charge in [0.15, 0.2) is 11.5 Å². The van der Waals surface area contributed by atoms with E-state index in [1.165, 1.54) is 16.9 Å². The Labute approximate surface area is 255 Å². The molecule has 0 bridgehead atoms. The molecule has 0 spiro atoms. The summed E-state index contributed by atoms with van der Waals surface area (Å²) in [7, 11) is 1.47. The van der Waals surface area contributed by atoms with Gasteiger partial charge in [-0.15, -0.1) is 0 Å². The van der Waals surface area contributed by atoms with Gasteiger partial charge in [-0.3, -0.25) is 24.1 Å². The minimum absolute atomic E-state index is 0.0119. The van der Waals surface area contributed by atoms with E-state index in [0.29, 0.717) is 30.0 Å². The molecule has 4 aliphatic rings. The molecule has 3 fully saturated rings. The lowest BCUT2D eigenvalue weighted by Gasteiger charge is -2.47. The Bertz CT molecular complexity index is 1750. The first kappa shape index (κ1) is 27.8. The minimum atomic E-state index is -1.11. The van der Waals surface area contributed by atoms with Crippen molar-refractivity contribution in [3.8, 4) is 11.5 Å². The molecule has 1 N–H and O–H groups in total. The third kappa shape index (κ3) is 3.97. The number of carbonyl (C=O) groups excluding carboxylic acids is 4. The summed E-state index contributed by atoms with van der Waals surface area (Å²) in [5.74, 6) is -3.44. The van der Waals surface area contributed by atoms with Crippen LogP contribution in [0, 0.1) is 35.0 Å². The summed E-state index contributed by atoms with van der Waals surface area (Å²) < 4.78 is 5.29. The second kappa shape index (κ2) is 10.3. The third-order valence-corrected chi connectivity index (χ3v) is 10.1. The number of phenols is 1. The summed E-state index contributed by atoms with van der Waals surface area (Å²) in [5, 5.41) is 10.1. The molecule has 1 saturated carbocycles. The highest BCUT2D eigenvalue weighted by atomic mass is 16.5. The number of amides is 4. The number of aromatic hydroxyl groups is 1. The molecular weight excluding hydrogens is 556 g/mol. The Hall–Kier alpha value is -4.98. The van der Waals surface area contributed by atoms with Crippen LogP contribution < -0.4 is 14.5 Å². The van der Waals surface area contributed by atoms with Gasteiger partial charge in [0.2, 0.25) is 23.6 Å². The highest BCUT2D eigenvalue weighted by Crippen LogP contribution is 2.61. The van der Waals surface area contributed by atoms with Crippen LogP contribution in [0.2, 0.25) is 0 Å². The zero-order chi connectivity index (χ0) is 30.7. The van der Waals surface area contributed by atoms with Crippen LogP contribution in [0.4, 0.5) is 11.4 Å². The fourth-order valence-electron chi connectivity index (χ4n) is 7.88. The van der Waals surface area contributed by atoms with Crippen molar-refractivity contribution in [1.29, 1.82) is 0 Å². The maximum Gasteiger partial charge on any atom is 0.241 e. The zero-order valence-electron chi connectivity index (χ0n) is 24.4. The summed E-state index contributed by atoms with van der Waals surface area (Å²) in [4.78, 5) is 58.8. The van der Waals surface area contributed by atoms with Gasteiger partial charge in [-0.05, 0) is 67.6 Å². The first-order valence-electron chi connectivity index (χ1n) is 14.9. The maximum absolute atomic E-state index is 14.4. The van der Waals surface area contributed by atoms with Gasteiger partial charge in [0.1, 0.15) is 0 Å². The number of allylic oxidation sites excluding steroid dienone is 3. The second-order valence-electron chi connectivity index (χ2n) is 12.2. The van der Waals surface area contributed by atoms with Crippen LogP contribution in [0.25, 0.3) is 6.08 Å². The van der Waals surface area contributed by atoms with Gasteiger partial charge in [-0.2, -0.15) is 0 Å². The molecule has 6 atom stereocenters. The Morgan fingerprint density at radius 2 is 1.50 bits per heavy atom. The molecule has 2 saturated heterocycles. The molecule has 44 heavy (non-hydrogen) atoms. The predicted molar refractivity (Wildman–Crippen MR) is 164 cm³/mol. The normalized spacial score (nSPS) is 29.5. The molecule has 2 aliphatic heterocycles. The van der Waals surface area contributed by atoms with Gasteiger partial charge in [0.25, 0.3) is 0 Å². The van der Waals surface area contributed by atoms with Crippen molar-refractivity contribution in [2.24, 2.45) is 35.0 Å². The average molecular weight is 589 g/mol. The quantitative estimate of drug-likeness (QED) is 0.317. The largest absolute Gasteiger partial charge is 0.504 e. The van der Waals surface area contributed by atoms with E-state index < -0.39 is 29.1 Å². The number of methoxy groups -OCH3 is 1. The number of phenolic OH excluding ortho intramolecular Hbond substituents is 1. The number of benzene rings is 3. The summed E-state index contributed by atoms with van der Waals surface area (Å²) in [6.45, 7) is 1.86. The van der Waals surface area contributed by atoms with Gasteiger partial charge in [0.05, 0.1) is 41.7 Å². The number of hydrogen-bond acceptors (Lipinski definition) is 6. The van der Waals surface area contributed by atoms with Crippen LogP contribution in [-0.4, -0.2) is 35.8 Å². The van der Waals surface area contributed by atoms with Crippen molar-refractivity contribution in [2.45, 2.75) is 19.8 Å². The van der Waals surface area contributed by atoms with Crippen LogP contribution in [0.1, 0.15) is 25.3 Å². The van der Waals surface area contributed by atoms with E-state index in [9.17, 15) is 24.3 Å². The molecule has 3 aromatic rings. The van der Waals surface area contributed by atoms with Gasteiger partial charge >= 0.3 is 0 Å². The van der Waals surface area contributed by atoms with E-state index in [4.69, 9.17) is 4.74 Å². The number of hydrogen-bond donors (Lipinski definition) is 1. The molecule has 3 aromatic carbocycles. The van der Waals surface area contributed by atoms with Crippen LogP contribution in [0.5, 0.6) is 11.5 Å². The standard InChI is InChI=1S/C36H32N2O6/c1-36-27(17-13-21-14-18-29(39)30(19-21)44-2)24-15-16-25-31(34(42)37(32(25)40)22-9-5-3-6-10-22)26(24)20-28(36)33(41)38(35(36)43)23-11-7-4-8-12-23/h3-15,17-19,25-28,31,39H,16,20H2,1-2H3/t25-,26+,27-,28-,31-,36-/m0/s1. The average Bonchev–Trinajstić information content (AvgIpc) is 3.41. The summed E-state index contributed by atoms with van der Waals surface area (Å²) >= 11 is 0. The predicted octanol–water partition coefficient (Wildman–Crippen LogP) is 5.38. The molecule has 0 unspecified atom stereocenters. The van der Waals surface area contributed by atoms with E-state index in [0.717, 1.165) is 11.1 Å². The molecule has 8 heteroatoms. The van der Waals surface area contributed by atoms with Crippen molar-refractivity contribution >= 4 is 41.1 Å². The lowest BCUT2D eigenvalue weighted by atomic mass is 9.52. The van der Waals surface area contributed by atoms with Gasteiger partial charge in [-0.25, -0.2) is 4.90 Å². The van der Waals surface area contributed by atoms with Crippen molar-refractivity contribution in [2.75, 3.05) is 16.9 Å². The molecule has 0 radical (unpaired) electrons. The molecule has 0 aromatic heterocycles. The lowest BCUT2D eigenvalue weighted by Crippen LogP contribution is -2.49. The third-order valence-electron chi connectivity index (χ3n) is 10.1. The van der Waals surface area contributed by atoms with E-state index in [2.05, 4.69) is 0 Å². The molecule has 8 nitrogen and oxygen atoms in total. The smallest absolute Gasteiger partial charge is 0.241 e. The topological polar surface area (TPSA) is 104 Å². The number of rotatable bonds is 5. The van der Waals surface area contributed by atoms with Crippen LogP contribution in [0.3, 0.4) is 0 Å². The van der Waals surface area contributed by atoms with E-state index in [-0.39, 0.29) is 35.3 Å². The Kier molecular flexibility index (Phi) is 6.53. The molecule has 2 heterocycles. The minimum Gasteiger partial charge on any atom is -0.504 e. The Morgan fingerprint density at radius 3 is 2.16 bits per heavy atom. The SMILES string of the molecule is COc1cc(C=C[C@H]2C3=CC[C@@H]4C(=O)N(c5ccccc5)C(=O)[C@@H]4[C@@H]3C[C@H]3C(=O)N(c4ccccc4)C(=O)[C@@]23C)ccc1O. The van der Waals surface area contributed by atoms with E-state index in [1.807, 2.05) is 37.3 Å². The first-order valence-corrected chi connectivity index (χ1v) is 14.9. The second-order valence-corrected chi connectivity index (χ2v) is 12.2. The van der Waals surface area contributed by atoms with Crippen molar-refractivity contribution in [3.63, 3.8) is 0 Å². The molecule has 7 rings (SSSR count). The van der Waals surface area contributed by atoms with Crippen LogP contribution >= 0.6 is 0 Å². The Balaban J connectivity index is 1.33. The fraction of sp³-hybridized carbons (Fsp3) is 0.278. The number of carbonyl (C=O) groups is 4. The van der Waals surface area contributed by atoms with Gasteiger partial charge < -0.3 is 9.84 Å². The number of para-hydroxylation sites is 2. The van der Waals surface area contributed by atoms with E-state index >= 15 is 0 Å². The maximum atomic E-state index is 14.4. The van der Waals surface area contributed by atoms with Crippen molar-refractivity contribution in [3.05, 3.63) is 102 Å². The van der Waals surface area contributed by atoms with Crippen LogP contribution in [0.15, 0.2) is 96.6 Å². The van der Waals surface area contributed by atoms with Crippen molar-refractivity contribution in [1.82, 2.24) is 0 Å². The number of ether oxygens (including phenoxy) is 1. The molecule has 2 aliphatic carbocycles. The highest BCUT2D eigenvalue weighted by molar-refractivity contribution is 6.25. The zero-order valence-corrected chi connectivity index (χ0v) is 24.4. The summed E-state index contributed by atoms with van der Waals surface area (Å²) in [5.41, 5.74) is 1.61. The molecular formula is C36H32N2O6. The Morgan fingerprint density at radius 1 is 0.841 bits per heavy atom. The lowest BCUT2D eigenvalue weighted by molar-refractivity contribution is -0.132. The number of nitrogens with zero attached hydrogens (tertiary/aromatic N) is 2. The molecule has 4 amide bonds. The van der Waals surface area contributed by atoms with Crippen molar-refractivity contribution < 1.29 is 29.0 Å². The highest BCUT2D eigenvalue weighted by Gasteiger charge is 2.66. The number of imide groups is 2. The monoisotopic (exact) mass is 588 g/mol. The van der Waals surface area contributed by atoms with Crippen LogP contribution in [-0.2, 0) is 19.2 Å². The first-order chi connectivity index (χ1) is 21.3. The number of anilines is 2. The summed E-state index contributed by atoms with van der Waals surface area (Å²) in [6, 6.07) is 22.9. The van der Waals surface area contributed by atoms with Gasteiger partial charge in [0, 0.05) is 5.92 Å². The fourth-order valence-corrected chi connectivity index (χ4v) is 7.88. The number of fused-ring (bicyclic) bond motifs is 4. The summed E-state index contributed by atoms with van der Waals surface area (Å²) in [6.07, 6.45) is 6.52. The van der Waals surface area contributed by atoms with E-state index in [1.54, 1.807) is 66.7 Å².